The highest BCUT2D eigenvalue weighted by molar-refractivity contribution is 5.94. The van der Waals surface area contributed by atoms with Crippen LogP contribution in [0.5, 0.6) is 0 Å². The molecular formula is C19H31N3O. The smallest absolute Gasteiger partial charge is 0.251 e. The van der Waals surface area contributed by atoms with Crippen LogP contribution in [0.3, 0.4) is 0 Å². The Morgan fingerprint density at radius 2 is 1.78 bits per heavy atom. The van der Waals surface area contributed by atoms with Crippen LogP contribution >= 0.6 is 0 Å². The second kappa shape index (κ2) is 7.45. The molecule has 1 aliphatic rings. The van der Waals surface area contributed by atoms with Gasteiger partial charge in [0.2, 0.25) is 0 Å². The molecule has 1 amide bonds. The van der Waals surface area contributed by atoms with Crippen LogP contribution in [-0.2, 0) is 6.54 Å². The zero-order valence-corrected chi connectivity index (χ0v) is 14.9. The fourth-order valence-corrected chi connectivity index (χ4v) is 3.46. The predicted molar refractivity (Wildman–Crippen MR) is 95.3 cm³/mol. The van der Waals surface area contributed by atoms with Gasteiger partial charge in [-0.25, -0.2) is 0 Å². The second-order valence-corrected chi connectivity index (χ2v) is 7.75. The van der Waals surface area contributed by atoms with E-state index in [0.717, 1.165) is 30.5 Å². The van der Waals surface area contributed by atoms with Crippen molar-refractivity contribution in [2.75, 3.05) is 19.6 Å². The van der Waals surface area contributed by atoms with Gasteiger partial charge in [-0.05, 0) is 49.8 Å². The molecule has 23 heavy (non-hydrogen) atoms. The van der Waals surface area contributed by atoms with Crippen molar-refractivity contribution >= 4 is 5.91 Å². The Morgan fingerprint density at radius 1 is 1.22 bits per heavy atom. The van der Waals surface area contributed by atoms with Crippen LogP contribution in [0, 0.1) is 11.8 Å². The van der Waals surface area contributed by atoms with E-state index in [1.54, 1.807) is 0 Å². The highest BCUT2D eigenvalue weighted by Gasteiger charge is 2.32. The van der Waals surface area contributed by atoms with Crippen molar-refractivity contribution in [1.82, 2.24) is 10.2 Å². The van der Waals surface area contributed by atoms with Crippen LogP contribution in [0.1, 0.15) is 50.0 Å². The monoisotopic (exact) mass is 317 g/mol. The maximum absolute atomic E-state index is 12.3. The molecule has 2 atom stereocenters. The Kier molecular flexibility index (Phi) is 5.82. The van der Waals surface area contributed by atoms with E-state index >= 15 is 0 Å². The van der Waals surface area contributed by atoms with Crippen LogP contribution in [0.25, 0.3) is 0 Å². The van der Waals surface area contributed by atoms with Gasteiger partial charge in [-0.3, -0.25) is 9.69 Å². The molecule has 1 heterocycles. The number of carbonyl (C=O) groups excluding carboxylic acids is 1. The predicted octanol–water partition coefficient (Wildman–Crippen LogP) is 2.63. The maximum Gasteiger partial charge on any atom is 0.251 e. The Morgan fingerprint density at radius 3 is 2.30 bits per heavy atom. The van der Waals surface area contributed by atoms with Crippen LogP contribution < -0.4 is 11.1 Å². The van der Waals surface area contributed by atoms with Crippen LogP contribution in [-0.4, -0.2) is 36.0 Å². The van der Waals surface area contributed by atoms with E-state index in [0.29, 0.717) is 18.7 Å². The van der Waals surface area contributed by atoms with Gasteiger partial charge in [0.15, 0.2) is 0 Å². The molecule has 0 aromatic heterocycles. The molecule has 2 rings (SSSR count). The first-order chi connectivity index (χ1) is 10.8. The number of amides is 1. The summed E-state index contributed by atoms with van der Waals surface area (Å²) < 4.78 is 0. The number of carbonyl (C=O) groups is 1. The highest BCUT2D eigenvalue weighted by atomic mass is 16.1. The molecule has 2 unspecified atom stereocenters. The van der Waals surface area contributed by atoms with E-state index < -0.39 is 0 Å². The summed E-state index contributed by atoms with van der Waals surface area (Å²) in [7, 11) is 0. The van der Waals surface area contributed by atoms with Crippen molar-refractivity contribution < 1.29 is 4.79 Å². The summed E-state index contributed by atoms with van der Waals surface area (Å²) in [6.45, 7) is 12.4. The lowest BCUT2D eigenvalue weighted by atomic mass is 9.88. The Balaban J connectivity index is 1.93. The first-order valence-electron chi connectivity index (χ1n) is 8.64. The first kappa shape index (κ1) is 18.0. The van der Waals surface area contributed by atoms with Crippen LogP contribution in [0.15, 0.2) is 24.3 Å². The third-order valence-corrected chi connectivity index (χ3v) is 4.86. The molecule has 0 bridgehead atoms. The van der Waals surface area contributed by atoms with E-state index in [1.807, 2.05) is 24.3 Å². The second-order valence-electron chi connectivity index (χ2n) is 7.75. The van der Waals surface area contributed by atoms with Crippen LogP contribution in [0.2, 0.25) is 0 Å². The van der Waals surface area contributed by atoms with Gasteiger partial charge in [-0.2, -0.15) is 0 Å². The molecule has 1 aromatic rings. The number of nitrogens with two attached hydrogens (primary N) is 1. The van der Waals surface area contributed by atoms with Crippen LogP contribution in [0.4, 0.5) is 0 Å². The summed E-state index contributed by atoms with van der Waals surface area (Å²) in [5.41, 5.74) is 7.29. The van der Waals surface area contributed by atoms with Crippen molar-refractivity contribution in [3.05, 3.63) is 35.4 Å². The molecule has 1 aliphatic heterocycles. The average Bonchev–Trinajstić information content (AvgIpc) is 2.52. The van der Waals surface area contributed by atoms with Gasteiger partial charge in [0.05, 0.1) is 0 Å². The van der Waals surface area contributed by atoms with E-state index in [1.165, 1.54) is 6.42 Å². The summed E-state index contributed by atoms with van der Waals surface area (Å²) >= 11 is 0. The molecule has 0 saturated carbocycles. The number of rotatable bonds is 5. The number of hydrogen-bond donors (Lipinski definition) is 2. The van der Waals surface area contributed by atoms with Gasteiger partial charge in [-0.1, -0.05) is 26.0 Å². The highest BCUT2D eigenvalue weighted by Crippen LogP contribution is 2.26. The minimum Gasteiger partial charge on any atom is -0.350 e. The van der Waals surface area contributed by atoms with Gasteiger partial charge in [-0.15, -0.1) is 0 Å². The molecule has 1 saturated heterocycles. The third kappa shape index (κ3) is 4.79. The van der Waals surface area contributed by atoms with Gasteiger partial charge < -0.3 is 11.1 Å². The van der Waals surface area contributed by atoms with Crippen molar-refractivity contribution in [3.8, 4) is 0 Å². The number of nitrogens with one attached hydrogen (secondary N) is 1. The molecule has 0 aliphatic carbocycles. The zero-order chi connectivity index (χ0) is 17.0. The summed E-state index contributed by atoms with van der Waals surface area (Å²) in [5.74, 6) is 1.43. The Bertz CT molecular complexity index is 514. The number of piperidine rings is 1. The number of likely N-dealkylation sites (tertiary alicyclic amines) is 1. The molecule has 0 spiro atoms. The topological polar surface area (TPSA) is 58.4 Å². The van der Waals surface area contributed by atoms with Crippen molar-refractivity contribution in [1.29, 1.82) is 0 Å². The lowest BCUT2D eigenvalue weighted by Gasteiger charge is -2.45. The average molecular weight is 317 g/mol. The van der Waals surface area contributed by atoms with E-state index in [9.17, 15) is 4.79 Å². The Labute approximate surface area is 140 Å². The summed E-state index contributed by atoms with van der Waals surface area (Å²) in [5, 5.41) is 3.09. The summed E-state index contributed by atoms with van der Waals surface area (Å²) in [4.78, 5) is 14.9. The fourth-order valence-electron chi connectivity index (χ4n) is 3.46. The molecule has 128 valence electrons. The molecule has 4 nitrogen and oxygen atoms in total. The lowest BCUT2D eigenvalue weighted by Crippen LogP contribution is -2.56. The zero-order valence-electron chi connectivity index (χ0n) is 14.9. The van der Waals surface area contributed by atoms with Crippen molar-refractivity contribution in [2.24, 2.45) is 17.6 Å². The Hall–Kier alpha value is -1.39. The minimum absolute atomic E-state index is 0.0141. The summed E-state index contributed by atoms with van der Waals surface area (Å²) in [6, 6.07) is 7.51. The fraction of sp³-hybridized carbons (Fsp3) is 0.632. The van der Waals surface area contributed by atoms with Crippen molar-refractivity contribution in [3.63, 3.8) is 0 Å². The number of benzene rings is 1. The first-order valence-corrected chi connectivity index (χ1v) is 8.64. The SMILES string of the molecule is CC1CC(C)CN(C(C)(C)CNC(=O)c2ccc(CN)cc2)C1. The molecular weight excluding hydrogens is 286 g/mol. The van der Waals surface area contributed by atoms with Crippen molar-refractivity contribution in [2.45, 2.75) is 46.2 Å². The van der Waals surface area contributed by atoms with Gasteiger partial charge in [0.25, 0.3) is 5.91 Å². The molecule has 0 radical (unpaired) electrons. The summed E-state index contributed by atoms with van der Waals surface area (Å²) in [6.07, 6.45) is 1.30. The molecule has 3 N–H and O–H groups in total. The van der Waals surface area contributed by atoms with Gasteiger partial charge in [0.1, 0.15) is 0 Å². The van der Waals surface area contributed by atoms with E-state index in [4.69, 9.17) is 5.73 Å². The van der Waals surface area contributed by atoms with Gasteiger partial charge in [0, 0.05) is 37.3 Å². The lowest BCUT2D eigenvalue weighted by molar-refractivity contribution is 0.0445. The molecule has 1 fully saturated rings. The minimum atomic E-state index is -0.0319. The number of nitrogens with zero attached hydrogens (tertiary/aromatic N) is 1. The normalized spacial score (nSPS) is 22.8. The standard InChI is InChI=1S/C19H31N3O/c1-14-9-15(2)12-22(11-14)19(3,4)13-21-18(23)17-7-5-16(10-20)6-8-17/h5-8,14-15H,9-13,20H2,1-4H3,(H,21,23). The maximum atomic E-state index is 12.3. The molecule has 1 aromatic carbocycles. The largest absolute Gasteiger partial charge is 0.350 e. The van der Waals surface area contributed by atoms with E-state index in [-0.39, 0.29) is 11.4 Å². The third-order valence-electron chi connectivity index (χ3n) is 4.86. The number of hydrogen-bond acceptors (Lipinski definition) is 3. The van der Waals surface area contributed by atoms with E-state index in [2.05, 4.69) is 37.9 Å². The van der Waals surface area contributed by atoms with Gasteiger partial charge >= 0.3 is 0 Å². The quantitative estimate of drug-likeness (QED) is 0.878. The molecule has 4 heteroatoms.